The maximum Gasteiger partial charge on any atom is 0.0702 e. The van der Waals surface area contributed by atoms with Crippen LogP contribution in [0.4, 0.5) is 0 Å². The zero-order valence-corrected chi connectivity index (χ0v) is 11.5. The summed E-state index contributed by atoms with van der Waals surface area (Å²) in [4.78, 5) is 4.32. The normalized spacial score (nSPS) is 12.8. The van der Waals surface area contributed by atoms with E-state index < -0.39 is 0 Å². The van der Waals surface area contributed by atoms with Crippen molar-refractivity contribution in [2.75, 3.05) is 11.6 Å². The van der Waals surface area contributed by atoms with Crippen molar-refractivity contribution in [1.82, 2.24) is 4.98 Å². The summed E-state index contributed by atoms with van der Waals surface area (Å²) in [6.45, 7) is 2.18. The highest BCUT2D eigenvalue weighted by atomic mass is 35.5. The molecule has 0 amide bonds. The van der Waals surface area contributed by atoms with Gasteiger partial charge in [0.25, 0.3) is 0 Å². The predicted octanol–water partition coefficient (Wildman–Crippen LogP) is 4.34. The van der Waals surface area contributed by atoms with E-state index in [0.29, 0.717) is 5.92 Å². The molecular weight excluding hydrogens is 250 g/mol. The third kappa shape index (κ3) is 3.62. The number of nitrogens with zero attached hydrogens (tertiary/aromatic N) is 1. The fraction of sp³-hybridized carbons (Fsp3) is 0.357. The van der Waals surface area contributed by atoms with Gasteiger partial charge in [0.2, 0.25) is 0 Å². The van der Waals surface area contributed by atoms with Gasteiger partial charge in [-0.15, -0.1) is 11.6 Å². The van der Waals surface area contributed by atoms with Gasteiger partial charge in [-0.2, -0.15) is 11.8 Å². The lowest BCUT2D eigenvalue weighted by Gasteiger charge is -2.07. The SMILES string of the molecule is CC(CCl)CSCc1ccc2ncccc2c1. The second-order valence-corrected chi connectivity index (χ2v) is 5.64. The Bertz CT molecular complexity index is 486. The van der Waals surface area contributed by atoms with Gasteiger partial charge in [-0.25, -0.2) is 0 Å². The lowest BCUT2D eigenvalue weighted by molar-refractivity contribution is 0.759. The highest BCUT2D eigenvalue weighted by molar-refractivity contribution is 7.98. The van der Waals surface area contributed by atoms with Crippen LogP contribution in [-0.2, 0) is 5.75 Å². The van der Waals surface area contributed by atoms with E-state index in [2.05, 4.69) is 36.2 Å². The average Bonchev–Trinajstić information content (AvgIpc) is 2.38. The van der Waals surface area contributed by atoms with Gasteiger partial charge in [-0.1, -0.05) is 19.1 Å². The largest absolute Gasteiger partial charge is 0.256 e. The zero-order valence-electron chi connectivity index (χ0n) is 9.90. The number of alkyl halides is 1. The van der Waals surface area contributed by atoms with Crippen LogP contribution in [0.2, 0.25) is 0 Å². The average molecular weight is 266 g/mol. The molecule has 3 heteroatoms. The fourth-order valence-electron chi connectivity index (χ4n) is 1.64. The van der Waals surface area contributed by atoms with Crippen LogP contribution in [0.25, 0.3) is 10.9 Å². The number of thioether (sulfide) groups is 1. The Morgan fingerprint density at radius 1 is 1.35 bits per heavy atom. The summed E-state index contributed by atoms with van der Waals surface area (Å²) in [5.74, 6) is 3.50. The van der Waals surface area contributed by atoms with Gasteiger partial charge in [0, 0.05) is 23.2 Å². The first-order valence-electron chi connectivity index (χ1n) is 5.77. The van der Waals surface area contributed by atoms with Crippen molar-refractivity contribution in [3.8, 4) is 0 Å². The topological polar surface area (TPSA) is 12.9 Å². The van der Waals surface area contributed by atoms with E-state index >= 15 is 0 Å². The molecule has 0 radical (unpaired) electrons. The Labute approximate surface area is 112 Å². The molecule has 1 aromatic heterocycles. The van der Waals surface area contributed by atoms with Gasteiger partial charge in [-0.05, 0) is 35.4 Å². The Hall–Kier alpha value is -0.730. The molecule has 0 spiro atoms. The van der Waals surface area contributed by atoms with E-state index in [1.807, 2.05) is 24.0 Å². The molecule has 2 aromatic rings. The molecule has 17 heavy (non-hydrogen) atoms. The number of fused-ring (bicyclic) bond motifs is 1. The standard InChI is InChI=1S/C14H16ClNS/c1-11(8-15)9-17-10-12-4-5-14-13(7-12)3-2-6-16-14/h2-7,11H,8-10H2,1H3. The van der Waals surface area contributed by atoms with E-state index in [1.165, 1.54) is 10.9 Å². The molecule has 0 bridgehead atoms. The number of halogens is 1. The molecule has 0 fully saturated rings. The minimum atomic E-state index is 0.587. The third-order valence-corrected chi connectivity index (χ3v) is 4.47. The Balaban J connectivity index is 1.99. The fourth-order valence-corrected chi connectivity index (χ4v) is 2.93. The lowest BCUT2D eigenvalue weighted by Crippen LogP contribution is -1.99. The summed E-state index contributed by atoms with van der Waals surface area (Å²) in [6, 6.07) is 10.6. The maximum atomic E-state index is 5.79. The first-order valence-corrected chi connectivity index (χ1v) is 7.46. The van der Waals surface area contributed by atoms with Crippen molar-refractivity contribution in [1.29, 1.82) is 0 Å². The summed E-state index contributed by atoms with van der Waals surface area (Å²) >= 11 is 7.73. The first kappa shape index (κ1) is 12.7. The predicted molar refractivity (Wildman–Crippen MR) is 77.8 cm³/mol. The Morgan fingerprint density at radius 2 is 2.24 bits per heavy atom. The molecular formula is C14H16ClNS. The van der Waals surface area contributed by atoms with Crippen LogP contribution in [0.3, 0.4) is 0 Å². The number of aromatic nitrogens is 1. The molecule has 90 valence electrons. The minimum Gasteiger partial charge on any atom is -0.256 e. The van der Waals surface area contributed by atoms with Crippen molar-refractivity contribution in [3.05, 3.63) is 42.1 Å². The quantitative estimate of drug-likeness (QED) is 0.746. The smallest absolute Gasteiger partial charge is 0.0702 e. The Morgan fingerprint density at radius 3 is 3.06 bits per heavy atom. The summed E-state index contributed by atoms with van der Waals surface area (Å²) in [7, 11) is 0. The van der Waals surface area contributed by atoms with Crippen molar-refractivity contribution in [2.45, 2.75) is 12.7 Å². The summed E-state index contributed by atoms with van der Waals surface area (Å²) in [5.41, 5.74) is 2.42. The number of hydrogen-bond donors (Lipinski definition) is 0. The van der Waals surface area contributed by atoms with Crippen LogP contribution in [0, 0.1) is 5.92 Å². The van der Waals surface area contributed by atoms with Crippen LogP contribution in [0.5, 0.6) is 0 Å². The number of pyridine rings is 1. The third-order valence-electron chi connectivity index (χ3n) is 2.60. The minimum absolute atomic E-state index is 0.587. The molecule has 1 aromatic carbocycles. The van der Waals surface area contributed by atoms with E-state index in [-0.39, 0.29) is 0 Å². The summed E-state index contributed by atoms with van der Waals surface area (Å²) in [6.07, 6.45) is 1.83. The molecule has 1 atom stereocenters. The molecule has 0 aliphatic rings. The van der Waals surface area contributed by atoms with Crippen LogP contribution in [0.15, 0.2) is 36.5 Å². The van der Waals surface area contributed by atoms with Crippen LogP contribution >= 0.6 is 23.4 Å². The van der Waals surface area contributed by atoms with Crippen molar-refractivity contribution in [3.63, 3.8) is 0 Å². The van der Waals surface area contributed by atoms with E-state index in [1.54, 1.807) is 0 Å². The number of rotatable bonds is 5. The van der Waals surface area contributed by atoms with Gasteiger partial charge < -0.3 is 0 Å². The Kier molecular flexibility index (Phi) is 4.69. The van der Waals surface area contributed by atoms with Crippen LogP contribution < -0.4 is 0 Å². The van der Waals surface area contributed by atoms with Crippen LogP contribution in [0.1, 0.15) is 12.5 Å². The van der Waals surface area contributed by atoms with Crippen molar-refractivity contribution >= 4 is 34.3 Å². The summed E-state index contributed by atoms with van der Waals surface area (Å²) in [5, 5.41) is 1.22. The van der Waals surface area contributed by atoms with Gasteiger partial charge in [0.15, 0.2) is 0 Å². The van der Waals surface area contributed by atoms with E-state index in [4.69, 9.17) is 11.6 Å². The lowest BCUT2D eigenvalue weighted by atomic mass is 10.1. The van der Waals surface area contributed by atoms with Crippen molar-refractivity contribution in [2.24, 2.45) is 5.92 Å². The molecule has 0 aliphatic heterocycles. The first-order chi connectivity index (χ1) is 8.29. The molecule has 2 rings (SSSR count). The molecule has 1 heterocycles. The molecule has 0 aliphatic carbocycles. The van der Waals surface area contributed by atoms with E-state index in [0.717, 1.165) is 22.9 Å². The van der Waals surface area contributed by atoms with Gasteiger partial charge in [0.1, 0.15) is 0 Å². The van der Waals surface area contributed by atoms with Gasteiger partial charge in [-0.3, -0.25) is 4.98 Å². The highest BCUT2D eigenvalue weighted by Crippen LogP contribution is 2.19. The summed E-state index contributed by atoms with van der Waals surface area (Å²) < 4.78 is 0. The van der Waals surface area contributed by atoms with Crippen molar-refractivity contribution < 1.29 is 0 Å². The molecule has 0 N–H and O–H groups in total. The number of benzene rings is 1. The monoisotopic (exact) mass is 265 g/mol. The van der Waals surface area contributed by atoms with E-state index in [9.17, 15) is 0 Å². The maximum absolute atomic E-state index is 5.79. The number of hydrogen-bond acceptors (Lipinski definition) is 2. The van der Waals surface area contributed by atoms with Gasteiger partial charge >= 0.3 is 0 Å². The van der Waals surface area contributed by atoms with Crippen LogP contribution in [-0.4, -0.2) is 16.6 Å². The highest BCUT2D eigenvalue weighted by Gasteiger charge is 2.01. The molecule has 1 nitrogen and oxygen atoms in total. The molecule has 0 saturated carbocycles. The zero-order chi connectivity index (χ0) is 12.1. The molecule has 0 saturated heterocycles. The van der Waals surface area contributed by atoms with Gasteiger partial charge in [0.05, 0.1) is 5.52 Å². The second-order valence-electron chi connectivity index (χ2n) is 4.31. The second kappa shape index (κ2) is 6.27. The molecule has 1 unspecified atom stereocenters.